The van der Waals surface area contributed by atoms with Crippen LogP contribution in [0.25, 0.3) is 6.08 Å². The van der Waals surface area contributed by atoms with E-state index >= 15 is 0 Å². The number of aromatic nitrogens is 1. The molecule has 0 atom stereocenters. The van der Waals surface area contributed by atoms with Crippen LogP contribution in [-0.4, -0.2) is 29.7 Å². The normalized spacial score (nSPS) is 10.8. The second-order valence-electron chi connectivity index (χ2n) is 4.47. The molecule has 2 rings (SSSR count). The summed E-state index contributed by atoms with van der Waals surface area (Å²) in [5, 5.41) is 10.00. The van der Waals surface area contributed by atoms with Gasteiger partial charge in [-0.2, -0.15) is 0 Å². The van der Waals surface area contributed by atoms with Gasteiger partial charge in [0.1, 0.15) is 22.8 Å². The van der Waals surface area contributed by atoms with Crippen LogP contribution in [0.1, 0.15) is 16.1 Å². The largest absolute Gasteiger partial charge is 0.507 e. The number of carbonyl (C=O) groups excluding carboxylic acids is 1. The molecule has 2 aromatic rings. The van der Waals surface area contributed by atoms with Crippen LogP contribution in [-0.2, 0) is 7.05 Å². The van der Waals surface area contributed by atoms with Crippen LogP contribution in [0.4, 0.5) is 0 Å². The van der Waals surface area contributed by atoms with E-state index in [1.54, 1.807) is 12.1 Å². The van der Waals surface area contributed by atoms with Crippen LogP contribution >= 0.6 is 0 Å². The molecule has 0 fully saturated rings. The molecule has 110 valence electrons. The van der Waals surface area contributed by atoms with E-state index in [0.29, 0.717) is 5.75 Å². The molecule has 0 unspecified atom stereocenters. The number of nitrogens with zero attached hydrogens (tertiary/aromatic N) is 1. The van der Waals surface area contributed by atoms with Crippen molar-refractivity contribution in [2.24, 2.45) is 7.05 Å². The molecular weight excluding hydrogens is 270 g/mol. The van der Waals surface area contributed by atoms with E-state index in [4.69, 9.17) is 9.47 Å². The number of hydrogen-bond acceptors (Lipinski definition) is 4. The van der Waals surface area contributed by atoms with Crippen molar-refractivity contribution in [2.75, 3.05) is 14.2 Å². The van der Waals surface area contributed by atoms with Crippen molar-refractivity contribution >= 4 is 11.9 Å². The van der Waals surface area contributed by atoms with Gasteiger partial charge < -0.3 is 19.1 Å². The molecule has 0 spiro atoms. The molecule has 1 aromatic carbocycles. The lowest BCUT2D eigenvalue weighted by Gasteiger charge is -2.10. The minimum atomic E-state index is -0.340. The molecule has 0 aliphatic carbocycles. The Kier molecular flexibility index (Phi) is 4.33. The lowest BCUT2D eigenvalue weighted by Crippen LogP contribution is -2.01. The second kappa shape index (κ2) is 6.17. The summed E-state index contributed by atoms with van der Waals surface area (Å²) in [7, 11) is 4.80. The number of phenols is 1. The third-order valence-electron chi connectivity index (χ3n) is 3.15. The number of benzene rings is 1. The topological polar surface area (TPSA) is 60.7 Å². The number of ether oxygens (including phenoxy) is 2. The van der Waals surface area contributed by atoms with Gasteiger partial charge in [-0.15, -0.1) is 0 Å². The fraction of sp³-hybridized carbons (Fsp3) is 0.188. The summed E-state index contributed by atoms with van der Waals surface area (Å²) in [5.41, 5.74) is 0.999. The van der Waals surface area contributed by atoms with Crippen LogP contribution in [0, 0.1) is 0 Å². The maximum Gasteiger partial charge on any atom is 0.193 e. The van der Waals surface area contributed by atoms with E-state index in [2.05, 4.69) is 0 Å². The van der Waals surface area contributed by atoms with E-state index < -0.39 is 0 Å². The van der Waals surface area contributed by atoms with Crippen molar-refractivity contribution in [1.29, 1.82) is 0 Å². The molecule has 1 N–H and O–H groups in total. The Morgan fingerprint density at radius 3 is 2.62 bits per heavy atom. The molecule has 0 aliphatic rings. The van der Waals surface area contributed by atoms with Crippen molar-refractivity contribution in [2.45, 2.75) is 0 Å². The average Bonchev–Trinajstić information content (AvgIpc) is 2.89. The Morgan fingerprint density at radius 2 is 2.05 bits per heavy atom. The van der Waals surface area contributed by atoms with Crippen molar-refractivity contribution in [1.82, 2.24) is 4.57 Å². The average molecular weight is 287 g/mol. The van der Waals surface area contributed by atoms with E-state index in [9.17, 15) is 9.90 Å². The molecule has 0 radical (unpaired) electrons. The van der Waals surface area contributed by atoms with Gasteiger partial charge in [0, 0.05) is 31.1 Å². The molecule has 0 amide bonds. The number of carbonyl (C=O) groups is 1. The van der Waals surface area contributed by atoms with Gasteiger partial charge in [-0.25, -0.2) is 0 Å². The standard InChI is InChI=1S/C16H17NO4/c1-17-8-4-5-11(17)6-7-13(18)16-14(19)9-12(20-2)10-15(16)21-3/h4-10,19H,1-3H3. The molecule has 0 aliphatic heterocycles. The van der Waals surface area contributed by atoms with Crippen molar-refractivity contribution < 1.29 is 19.4 Å². The first kappa shape index (κ1) is 14.7. The van der Waals surface area contributed by atoms with Gasteiger partial charge in [0.15, 0.2) is 5.78 Å². The minimum absolute atomic E-state index is 0.115. The molecule has 1 heterocycles. The van der Waals surface area contributed by atoms with Crippen LogP contribution in [0.5, 0.6) is 17.2 Å². The first-order valence-corrected chi connectivity index (χ1v) is 6.35. The number of ketones is 1. The van der Waals surface area contributed by atoms with Crippen LogP contribution in [0.3, 0.4) is 0 Å². The molecule has 5 heteroatoms. The van der Waals surface area contributed by atoms with Crippen molar-refractivity contribution in [3.05, 3.63) is 47.8 Å². The highest BCUT2D eigenvalue weighted by molar-refractivity contribution is 6.10. The first-order valence-electron chi connectivity index (χ1n) is 6.35. The quantitative estimate of drug-likeness (QED) is 0.678. The van der Waals surface area contributed by atoms with Crippen LogP contribution in [0.2, 0.25) is 0 Å². The highest BCUT2D eigenvalue weighted by Gasteiger charge is 2.17. The summed E-state index contributed by atoms with van der Waals surface area (Å²) < 4.78 is 12.1. The highest BCUT2D eigenvalue weighted by atomic mass is 16.5. The summed E-state index contributed by atoms with van der Waals surface area (Å²) in [4.78, 5) is 12.3. The maximum atomic E-state index is 12.3. The summed E-state index contributed by atoms with van der Waals surface area (Å²) in [5.74, 6) is 0.182. The first-order chi connectivity index (χ1) is 10.1. The maximum absolute atomic E-state index is 12.3. The van der Waals surface area contributed by atoms with Crippen molar-refractivity contribution in [3.8, 4) is 17.2 Å². The van der Waals surface area contributed by atoms with Crippen molar-refractivity contribution in [3.63, 3.8) is 0 Å². The molecule has 0 bridgehead atoms. The SMILES string of the molecule is COc1cc(O)c(C(=O)C=Cc2cccn2C)c(OC)c1. The van der Waals surface area contributed by atoms with Gasteiger partial charge >= 0.3 is 0 Å². The van der Waals surface area contributed by atoms with Gasteiger partial charge in [0.25, 0.3) is 0 Å². The molecule has 0 saturated carbocycles. The monoisotopic (exact) mass is 287 g/mol. The van der Waals surface area contributed by atoms with Crippen LogP contribution in [0.15, 0.2) is 36.5 Å². The number of aromatic hydroxyl groups is 1. The number of aryl methyl sites for hydroxylation is 1. The Balaban J connectivity index is 2.35. The van der Waals surface area contributed by atoms with Gasteiger partial charge in [0.2, 0.25) is 0 Å². The molecule has 21 heavy (non-hydrogen) atoms. The number of allylic oxidation sites excluding steroid dienone is 1. The summed E-state index contributed by atoms with van der Waals surface area (Å²) in [6.45, 7) is 0. The van der Waals surface area contributed by atoms with E-state index in [1.165, 1.54) is 26.4 Å². The van der Waals surface area contributed by atoms with E-state index in [-0.39, 0.29) is 22.8 Å². The van der Waals surface area contributed by atoms with Gasteiger partial charge in [-0.3, -0.25) is 4.79 Å². The Hall–Kier alpha value is -2.69. The second-order valence-corrected chi connectivity index (χ2v) is 4.47. The van der Waals surface area contributed by atoms with E-state index in [0.717, 1.165) is 5.69 Å². The molecule has 0 saturated heterocycles. The van der Waals surface area contributed by atoms with Gasteiger partial charge in [0.05, 0.1) is 14.2 Å². The zero-order valence-electron chi connectivity index (χ0n) is 12.2. The molecular formula is C16H17NO4. The fourth-order valence-electron chi connectivity index (χ4n) is 1.99. The Morgan fingerprint density at radius 1 is 1.29 bits per heavy atom. The van der Waals surface area contributed by atoms with Gasteiger partial charge in [-0.1, -0.05) is 0 Å². The fourth-order valence-corrected chi connectivity index (χ4v) is 1.99. The predicted octanol–water partition coefficient (Wildman–Crippen LogP) is 2.64. The highest BCUT2D eigenvalue weighted by Crippen LogP contribution is 2.33. The molecule has 1 aromatic heterocycles. The zero-order valence-corrected chi connectivity index (χ0v) is 12.2. The summed E-state index contributed by atoms with van der Waals surface area (Å²) in [6, 6.07) is 6.71. The third kappa shape index (κ3) is 3.08. The lowest BCUT2D eigenvalue weighted by molar-refractivity contribution is 0.104. The van der Waals surface area contributed by atoms with E-state index in [1.807, 2.05) is 29.9 Å². The zero-order chi connectivity index (χ0) is 15.4. The smallest absolute Gasteiger partial charge is 0.193 e. The number of rotatable bonds is 5. The Bertz CT molecular complexity index is 686. The number of methoxy groups -OCH3 is 2. The minimum Gasteiger partial charge on any atom is -0.507 e. The predicted molar refractivity (Wildman–Crippen MR) is 80.0 cm³/mol. The summed E-state index contributed by atoms with van der Waals surface area (Å²) >= 11 is 0. The summed E-state index contributed by atoms with van der Waals surface area (Å²) in [6.07, 6.45) is 4.97. The van der Waals surface area contributed by atoms with Crippen LogP contribution < -0.4 is 9.47 Å². The lowest BCUT2D eigenvalue weighted by atomic mass is 10.1. The third-order valence-corrected chi connectivity index (χ3v) is 3.15. The van der Waals surface area contributed by atoms with Gasteiger partial charge in [-0.05, 0) is 24.3 Å². The molecule has 5 nitrogen and oxygen atoms in total. The Labute approximate surface area is 123 Å². The number of hydrogen-bond donors (Lipinski definition) is 1. The number of phenolic OH excluding ortho intramolecular Hbond substituents is 1.